The monoisotopic (exact) mass is 404 g/mol. The molecule has 0 aromatic carbocycles. The van der Waals surface area contributed by atoms with Gasteiger partial charge in [0.05, 0.1) is 20.6 Å². The maximum Gasteiger partial charge on any atom is 0.446 e. The molecule has 0 saturated heterocycles. The highest BCUT2D eigenvalue weighted by atomic mass is 16.2. The van der Waals surface area contributed by atoms with Gasteiger partial charge < -0.3 is 4.48 Å². The van der Waals surface area contributed by atoms with Crippen LogP contribution < -0.4 is 9.13 Å². The molecule has 2 fully saturated rings. The average molecular weight is 405 g/mol. The Balaban J connectivity index is 1.39. The van der Waals surface area contributed by atoms with E-state index < -0.39 is 0 Å². The number of carbonyl (C=O) groups is 1. The van der Waals surface area contributed by atoms with Crippen LogP contribution in [0.4, 0.5) is 0 Å². The summed E-state index contributed by atoms with van der Waals surface area (Å²) in [5, 5.41) is 0. The molecule has 4 rings (SSSR count). The summed E-state index contributed by atoms with van der Waals surface area (Å²) in [6.45, 7) is 6.17. The zero-order chi connectivity index (χ0) is 21.1. The van der Waals surface area contributed by atoms with Crippen LogP contribution in [-0.4, -0.2) is 37.6 Å². The molecule has 2 aliphatic carbocycles. The highest BCUT2D eigenvalue weighted by Gasteiger charge is 2.35. The van der Waals surface area contributed by atoms with Gasteiger partial charge in [0.15, 0.2) is 31.3 Å². The standard InChI is InChI=1S/C26H34N3O/c1-4-14-27-15-10-21(11-16-27)22-12-17-28(18-13-22)26(30)20-29(2,3)19-24-6-5-7-25(24)23-8-9-23/h4,10-13,15-18,24H,1,5-9,14,19-20H2,2-3H3/q+3. The Morgan fingerprint density at radius 1 is 1.07 bits per heavy atom. The summed E-state index contributed by atoms with van der Waals surface area (Å²) in [5.74, 6) is 0.835. The van der Waals surface area contributed by atoms with E-state index in [0.29, 0.717) is 12.5 Å². The van der Waals surface area contributed by atoms with Crippen molar-refractivity contribution in [2.45, 2.75) is 38.6 Å². The van der Waals surface area contributed by atoms with Gasteiger partial charge >= 0.3 is 5.91 Å². The number of hydrogen-bond acceptors (Lipinski definition) is 1. The fourth-order valence-electron chi connectivity index (χ4n) is 4.78. The van der Waals surface area contributed by atoms with Crippen LogP contribution in [-0.2, 0) is 6.54 Å². The van der Waals surface area contributed by atoms with E-state index >= 15 is 0 Å². The molecule has 1 unspecified atom stereocenters. The molecule has 4 nitrogen and oxygen atoms in total. The Labute approximate surface area is 180 Å². The number of pyridine rings is 2. The molecule has 0 amide bonds. The van der Waals surface area contributed by atoms with E-state index in [1.165, 1.54) is 32.1 Å². The van der Waals surface area contributed by atoms with Crippen LogP contribution in [0, 0.1) is 5.92 Å². The average Bonchev–Trinajstić information content (AvgIpc) is 3.48. The van der Waals surface area contributed by atoms with E-state index in [0.717, 1.165) is 28.7 Å². The lowest BCUT2D eigenvalue weighted by molar-refractivity contribution is -0.889. The molecular weight excluding hydrogens is 370 g/mol. The minimum atomic E-state index is 0.155. The van der Waals surface area contributed by atoms with Gasteiger partial charge in [-0.05, 0) is 49.3 Å². The molecule has 1 atom stereocenters. The van der Waals surface area contributed by atoms with Crippen molar-refractivity contribution in [3.8, 4) is 11.1 Å². The third-order valence-corrected chi connectivity index (χ3v) is 6.41. The number of rotatable bonds is 7. The van der Waals surface area contributed by atoms with Gasteiger partial charge in [0.1, 0.15) is 0 Å². The summed E-state index contributed by atoms with van der Waals surface area (Å²) < 4.78 is 4.56. The SMILES string of the molecule is C=CC[n+]1ccc(-c2cc[n+](C(=O)C[N+](C)(C)CC3CCCC3=C3CC3)cc2)cc1. The predicted octanol–water partition coefficient (Wildman–Crippen LogP) is 3.72. The van der Waals surface area contributed by atoms with Crippen LogP contribution in [0.25, 0.3) is 11.1 Å². The van der Waals surface area contributed by atoms with Crippen molar-refractivity contribution in [1.82, 2.24) is 0 Å². The van der Waals surface area contributed by atoms with Crippen molar-refractivity contribution < 1.29 is 18.4 Å². The molecule has 2 aromatic rings. The first-order chi connectivity index (χ1) is 14.4. The van der Waals surface area contributed by atoms with Crippen LogP contribution in [0.3, 0.4) is 0 Å². The van der Waals surface area contributed by atoms with Crippen LogP contribution in [0.5, 0.6) is 0 Å². The summed E-state index contributed by atoms with van der Waals surface area (Å²) in [5.41, 5.74) is 5.70. The molecule has 4 heteroatoms. The number of likely N-dealkylation sites (N-methyl/N-ethyl adjacent to an activating group) is 1. The van der Waals surface area contributed by atoms with Gasteiger partial charge in [-0.3, -0.25) is 0 Å². The third-order valence-electron chi connectivity index (χ3n) is 6.41. The van der Waals surface area contributed by atoms with E-state index in [4.69, 9.17) is 0 Å². The summed E-state index contributed by atoms with van der Waals surface area (Å²) in [4.78, 5) is 12.9. The molecule has 2 heterocycles. The second-order valence-electron chi connectivity index (χ2n) is 9.45. The highest BCUT2D eigenvalue weighted by molar-refractivity contribution is 5.68. The second kappa shape index (κ2) is 8.65. The Hall–Kier alpha value is -2.59. The summed E-state index contributed by atoms with van der Waals surface area (Å²) in [6, 6.07) is 8.24. The first-order valence-electron chi connectivity index (χ1n) is 11.1. The van der Waals surface area contributed by atoms with Crippen molar-refractivity contribution >= 4 is 5.91 Å². The zero-order valence-corrected chi connectivity index (χ0v) is 18.4. The highest BCUT2D eigenvalue weighted by Crippen LogP contribution is 2.43. The maximum absolute atomic E-state index is 12.9. The molecule has 0 radical (unpaired) electrons. The fraction of sp³-hybridized carbons (Fsp3) is 0.423. The normalized spacial score (nSPS) is 18.5. The molecule has 2 saturated carbocycles. The number of carbonyl (C=O) groups excluding carboxylic acids is 1. The number of quaternary nitrogens is 1. The van der Waals surface area contributed by atoms with Gasteiger partial charge in [-0.25, -0.2) is 9.36 Å². The van der Waals surface area contributed by atoms with Gasteiger partial charge in [0.25, 0.3) is 0 Å². The van der Waals surface area contributed by atoms with Gasteiger partial charge in [-0.2, -0.15) is 0 Å². The van der Waals surface area contributed by atoms with Crippen molar-refractivity contribution in [3.05, 3.63) is 72.9 Å². The molecule has 156 valence electrons. The second-order valence-corrected chi connectivity index (χ2v) is 9.45. The van der Waals surface area contributed by atoms with Gasteiger partial charge in [-0.15, -0.1) is 4.57 Å². The van der Waals surface area contributed by atoms with Crippen molar-refractivity contribution in [1.29, 1.82) is 0 Å². The van der Waals surface area contributed by atoms with Crippen LogP contribution >= 0.6 is 0 Å². The van der Waals surface area contributed by atoms with Crippen LogP contribution in [0.1, 0.15) is 36.9 Å². The lowest BCUT2D eigenvalue weighted by Gasteiger charge is -2.30. The van der Waals surface area contributed by atoms with Gasteiger partial charge in [-0.1, -0.05) is 17.7 Å². The Morgan fingerprint density at radius 2 is 1.70 bits per heavy atom. The van der Waals surface area contributed by atoms with Crippen molar-refractivity contribution in [2.24, 2.45) is 5.92 Å². The van der Waals surface area contributed by atoms with Crippen LogP contribution in [0.2, 0.25) is 0 Å². The molecule has 2 aliphatic rings. The topological polar surface area (TPSA) is 24.8 Å². The Morgan fingerprint density at radius 3 is 2.30 bits per heavy atom. The number of nitrogens with zero attached hydrogens (tertiary/aromatic N) is 3. The molecule has 0 bridgehead atoms. The minimum absolute atomic E-state index is 0.155. The molecule has 0 spiro atoms. The quantitative estimate of drug-likeness (QED) is 0.392. The van der Waals surface area contributed by atoms with Crippen molar-refractivity contribution in [2.75, 3.05) is 27.2 Å². The van der Waals surface area contributed by atoms with Gasteiger partial charge in [0, 0.05) is 30.2 Å². The molecule has 0 N–H and O–H groups in total. The van der Waals surface area contributed by atoms with E-state index in [-0.39, 0.29) is 5.91 Å². The first-order valence-corrected chi connectivity index (χ1v) is 11.1. The van der Waals surface area contributed by atoms with E-state index in [1.807, 2.05) is 30.6 Å². The third kappa shape index (κ3) is 4.93. The number of allylic oxidation sites excluding steroid dienone is 2. The summed E-state index contributed by atoms with van der Waals surface area (Å²) >= 11 is 0. The zero-order valence-electron chi connectivity index (χ0n) is 18.4. The molecule has 0 aliphatic heterocycles. The fourth-order valence-corrected chi connectivity index (χ4v) is 4.78. The lowest BCUT2D eigenvalue weighted by Crippen LogP contribution is -2.55. The maximum atomic E-state index is 12.9. The minimum Gasteiger partial charge on any atom is -0.316 e. The predicted molar refractivity (Wildman–Crippen MR) is 119 cm³/mol. The van der Waals surface area contributed by atoms with Crippen molar-refractivity contribution in [3.63, 3.8) is 0 Å². The Bertz CT molecular complexity index is 949. The first kappa shape index (κ1) is 20.7. The summed E-state index contributed by atoms with van der Waals surface area (Å²) in [6.07, 6.45) is 16.3. The number of aromatic nitrogens is 2. The number of hydrogen-bond donors (Lipinski definition) is 0. The van der Waals surface area contributed by atoms with E-state index in [2.05, 4.69) is 49.8 Å². The van der Waals surface area contributed by atoms with E-state index in [1.54, 1.807) is 15.7 Å². The molecular formula is C26H34N3O+3. The largest absolute Gasteiger partial charge is 0.446 e. The molecule has 30 heavy (non-hydrogen) atoms. The van der Waals surface area contributed by atoms with Crippen LogP contribution in [0.15, 0.2) is 72.9 Å². The Kier molecular flexibility index (Phi) is 5.96. The smallest absolute Gasteiger partial charge is 0.316 e. The van der Waals surface area contributed by atoms with E-state index in [9.17, 15) is 4.79 Å². The van der Waals surface area contributed by atoms with Gasteiger partial charge in [0.2, 0.25) is 6.54 Å². The molecule has 2 aromatic heterocycles. The lowest BCUT2D eigenvalue weighted by atomic mass is 10.0. The summed E-state index contributed by atoms with van der Waals surface area (Å²) in [7, 11) is 4.39.